The largest absolute Gasteiger partial charge is 0.473 e. The molecule has 0 N–H and O–H groups in total. The highest BCUT2D eigenvalue weighted by molar-refractivity contribution is 6.42. The van der Waals surface area contributed by atoms with Gasteiger partial charge in [-0.2, -0.15) is 0 Å². The maximum absolute atomic E-state index is 6.30. The summed E-state index contributed by atoms with van der Waals surface area (Å²) in [6, 6.07) is 5.63. The molecule has 1 atom stereocenters. The quantitative estimate of drug-likeness (QED) is 0.777. The Kier molecular flexibility index (Phi) is 4.75. The molecule has 4 heteroatoms. The molecule has 1 aliphatic carbocycles. The number of hydrogen-bond acceptors (Lipinski definition) is 2. The molecule has 2 fully saturated rings. The Morgan fingerprint density at radius 2 is 1.75 bits per heavy atom. The zero-order valence-electron chi connectivity index (χ0n) is 11.7. The van der Waals surface area contributed by atoms with Crippen molar-refractivity contribution >= 4 is 23.2 Å². The summed E-state index contributed by atoms with van der Waals surface area (Å²) in [5, 5.41) is 1.10. The van der Waals surface area contributed by atoms with Crippen LogP contribution in [0.25, 0.3) is 0 Å². The van der Waals surface area contributed by atoms with Crippen molar-refractivity contribution in [3.8, 4) is 5.75 Å². The number of rotatable bonds is 4. The van der Waals surface area contributed by atoms with Crippen LogP contribution >= 0.6 is 23.2 Å². The van der Waals surface area contributed by atoms with Gasteiger partial charge in [-0.05, 0) is 37.8 Å². The molecule has 1 aliphatic heterocycles. The first-order valence-corrected chi connectivity index (χ1v) is 8.36. The lowest BCUT2D eigenvalue weighted by molar-refractivity contribution is -0.00296. The number of halogens is 2. The van der Waals surface area contributed by atoms with E-state index in [4.69, 9.17) is 27.9 Å². The van der Waals surface area contributed by atoms with Gasteiger partial charge in [0.15, 0.2) is 6.23 Å². The summed E-state index contributed by atoms with van der Waals surface area (Å²) in [7, 11) is 0. The SMILES string of the molecule is Clc1cccc(OC(C2CCCC2)N2CCCC2)c1Cl. The smallest absolute Gasteiger partial charge is 0.155 e. The van der Waals surface area contributed by atoms with Gasteiger partial charge in [-0.3, -0.25) is 4.90 Å². The normalized spacial score (nSPS) is 22.3. The molecule has 1 saturated heterocycles. The van der Waals surface area contributed by atoms with Crippen LogP contribution in [0.5, 0.6) is 5.75 Å². The Morgan fingerprint density at radius 3 is 2.45 bits per heavy atom. The zero-order valence-corrected chi connectivity index (χ0v) is 13.2. The third-order valence-electron chi connectivity index (χ3n) is 4.47. The van der Waals surface area contributed by atoms with Crippen molar-refractivity contribution in [2.75, 3.05) is 13.1 Å². The van der Waals surface area contributed by atoms with Crippen LogP contribution < -0.4 is 4.74 Å². The standard InChI is InChI=1S/C16H21Cl2NO/c17-13-8-5-9-14(15(13)18)20-16(12-6-1-2-7-12)19-10-3-4-11-19/h5,8-9,12,16H,1-4,6-7,10-11H2. The van der Waals surface area contributed by atoms with Gasteiger partial charge in [0.05, 0.1) is 5.02 Å². The summed E-state index contributed by atoms with van der Waals surface area (Å²) in [6.45, 7) is 2.28. The number of likely N-dealkylation sites (tertiary alicyclic amines) is 1. The molecule has 1 unspecified atom stereocenters. The average Bonchev–Trinajstić information content (AvgIpc) is 3.13. The van der Waals surface area contributed by atoms with Crippen molar-refractivity contribution in [2.45, 2.75) is 44.8 Å². The van der Waals surface area contributed by atoms with E-state index in [1.165, 1.54) is 38.5 Å². The second-order valence-electron chi connectivity index (χ2n) is 5.85. The van der Waals surface area contributed by atoms with Crippen LogP contribution in [-0.4, -0.2) is 24.2 Å². The molecule has 0 amide bonds. The van der Waals surface area contributed by atoms with Crippen molar-refractivity contribution in [2.24, 2.45) is 5.92 Å². The lowest BCUT2D eigenvalue weighted by atomic mass is 10.1. The number of nitrogens with zero attached hydrogens (tertiary/aromatic N) is 1. The summed E-state index contributed by atoms with van der Waals surface area (Å²) in [4.78, 5) is 2.48. The molecule has 0 aromatic heterocycles. The summed E-state index contributed by atoms with van der Waals surface area (Å²) < 4.78 is 6.30. The molecule has 20 heavy (non-hydrogen) atoms. The first kappa shape index (κ1) is 14.5. The summed E-state index contributed by atoms with van der Waals surface area (Å²) in [5.74, 6) is 1.35. The van der Waals surface area contributed by atoms with E-state index in [9.17, 15) is 0 Å². The highest BCUT2D eigenvalue weighted by Crippen LogP contribution is 2.37. The van der Waals surface area contributed by atoms with E-state index in [2.05, 4.69) is 4.90 Å². The van der Waals surface area contributed by atoms with Crippen LogP contribution in [0.4, 0.5) is 0 Å². The third kappa shape index (κ3) is 3.08. The molecule has 0 bridgehead atoms. The lowest BCUT2D eigenvalue weighted by Crippen LogP contribution is -2.42. The van der Waals surface area contributed by atoms with E-state index in [0.717, 1.165) is 18.8 Å². The second-order valence-corrected chi connectivity index (χ2v) is 6.63. The molecule has 1 aromatic rings. The zero-order chi connectivity index (χ0) is 13.9. The first-order valence-electron chi connectivity index (χ1n) is 7.60. The maximum atomic E-state index is 6.30. The van der Waals surface area contributed by atoms with Gasteiger partial charge in [0.2, 0.25) is 0 Å². The molecule has 1 aromatic carbocycles. The van der Waals surface area contributed by atoms with Gasteiger partial charge in [0.25, 0.3) is 0 Å². The van der Waals surface area contributed by atoms with Crippen molar-refractivity contribution in [1.29, 1.82) is 0 Å². The van der Waals surface area contributed by atoms with Gasteiger partial charge >= 0.3 is 0 Å². The van der Waals surface area contributed by atoms with E-state index in [1.807, 2.05) is 12.1 Å². The fourth-order valence-electron chi connectivity index (χ4n) is 3.41. The van der Waals surface area contributed by atoms with E-state index in [1.54, 1.807) is 6.07 Å². The van der Waals surface area contributed by atoms with Gasteiger partial charge in [-0.25, -0.2) is 0 Å². The van der Waals surface area contributed by atoms with E-state index in [-0.39, 0.29) is 6.23 Å². The minimum atomic E-state index is 0.163. The number of benzene rings is 1. The molecular weight excluding hydrogens is 293 g/mol. The Hall–Kier alpha value is -0.440. The van der Waals surface area contributed by atoms with Crippen molar-refractivity contribution in [3.05, 3.63) is 28.2 Å². The topological polar surface area (TPSA) is 12.5 Å². The fourth-order valence-corrected chi connectivity index (χ4v) is 3.75. The van der Waals surface area contributed by atoms with Gasteiger partial charge < -0.3 is 4.74 Å². The van der Waals surface area contributed by atoms with E-state index < -0.39 is 0 Å². The predicted octanol–water partition coefficient (Wildman–Crippen LogP) is 4.98. The lowest BCUT2D eigenvalue weighted by Gasteiger charge is -2.33. The van der Waals surface area contributed by atoms with Crippen LogP contribution in [-0.2, 0) is 0 Å². The van der Waals surface area contributed by atoms with E-state index >= 15 is 0 Å². The molecule has 3 rings (SSSR count). The second kappa shape index (κ2) is 6.55. The predicted molar refractivity (Wildman–Crippen MR) is 83.6 cm³/mol. The van der Waals surface area contributed by atoms with Gasteiger partial charge in [-0.15, -0.1) is 0 Å². The molecule has 1 heterocycles. The minimum absolute atomic E-state index is 0.163. The average molecular weight is 314 g/mol. The van der Waals surface area contributed by atoms with Crippen LogP contribution in [0.15, 0.2) is 18.2 Å². The Balaban J connectivity index is 1.79. The minimum Gasteiger partial charge on any atom is -0.473 e. The Morgan fingerprint density at radius 1 is 1.05 bits per heavy atom. The number of hydrogen-bond donors (Lipinski definition) is 0. The molecular formula is C16H21Cl2NO. The highest BCUT2D eigenvalue weighted by Gasteiger charge is 2.33. The van der Waals surface area contributed by atoms with Crippen LogP contribution in [0.3, 0.4) is 0 Å². The van der Waals surface area contributed by atoms with Crippen LogP contribution in [0.1, 0.15) is 38.5 Å². The van der Waals surface area contributed by atoms with E-state index in [0.29, 0.717) is 16.0 Å². The highest BCUT2D eigenvalue weighted by atomic mass is 35.5. The van der Waals surface area contributed by atoms with Gasteiger partial charge in [-0.1, -0.05) is 42.1 Å². The third-order valence-corrected chi connectivity index (χ3v) is 5.27. The van der Waals surface area contributed by atoms with Crippen LogP contribution in [0, 0.1) is 5.92 Å². The first-order chi connectivity index (χ1) is 9.75. The summed E-state index contributed by atoms with van der Waals surface area (Å²) >= 11 is 12.4. The fraction of sp³-hybridized carbons (Fsp3) is 0.625. The van der Waals surface area contributed by atoms with Crippen LogP contribution in [0.2, 0.25) is 10.0 Å². The van der Waals surface area contributed by atoms with Crippen molar-refractivity contribution in [1.82, 2.24) is 4.90 Å². The monoisotopic (exact) mass is 313 g/mol. The van der Waals surface area contributed by atoms with Crippen molar-refractivity contribution in [3.63, 3.8) is 0 Å². The Bertz CT molecular complexity index is 438. The maximum Gasteiger partial charge on any atom is 0.155 e. The Labute approximate surface area is 131 Å². The summed E-state index contributed by atoms with van der Waals surface area (Å²) in [5.41, 5.74) is 0. The molecule has 0 spiro atoms. The molecule has 2 aliphatic rings. The van der Waals surface area contributed by atoms with Crippen molar-refractivity contribution < 1.29 is 4.74 Å². The molecule has 1 saturated carbocycles. The van der Waals surface area contributed by atoms with Gasteiger partial charge in [0.1, 0.15) is 10.8 Å². The molecule has 110 valence electrons. The number of ether oxygens (including phenoxy) is 1. The molecule has 2 nitrogen and oxygen atoms in total. The van der Waals surface area contributed by atoms with Gasteiger partial charge in [0, 0.05) is 19.0 Å². The molecule has 0 radical (unpaired) electrons. The summed E-state index contributed by atoms with van der Waals surface area (Å²) in [6.07, 6.45) is 7.88.